The fourth-order valence-electron chi connectivity index (χ4n) is 5.72. The summed E-state index contributed by atoms with van der Waals surface area (Å²) in [5, 5.41) is 2.49. The minimum absolute atomic E-state index is 0.377. The van der Waals surface area contributed by atoms with Gasteiger partial charge in [0.25, 0.3) is 0 Å². The van der Waals surface area contributed by atoms with Crippen molar-refractivity contribution in [1.82, 2.24) is 0 Å². The molecule has 0 amide bonds. The van der Waals surface area contributed by atoms with E-state index in [2.05, 4.69) is 157 Å². The molecule has 0 spiro atoms. The van der Waals surface area contributed by atoms with Gasteiger partial charge in [-0.3, -0.25) is 0 Å². The molecule has 0 aromatic heterocycles. The van der Waals surface area contributed by atoms with Crippen LogP contribution >= 0.6 is 28.3 Å². The fraction of sp³-hybridized carbons (Fsp3) is 0.333. The summed E-state index contributed by atoms with van der Waals surface area (Å²) >= 11 is 7.12. The Labute approximate surface area is 266 Å². The molecule has 0 N–H and O–H groups in total. The summed E-state index contributed by atoms with van der Waals surface area (Å²) < 4.78 is 0. The number of benzene rings is 4. The van der Waals surface area contributed by atoms with E-state index >= 15 is 0 Å². The Morgan fingerprint density at radius 2 is 0.780 bits per heavy atom. The van der Waals surface area contributed by atoms with Gasteiger partial charge in [0.1, 0.15) is 0 Å². The molecular formula is C36H40Br2CoN2. The number of rotatable bonds is 6. The SMILES string of the molecule is CC(C)c1cccc(C(C)C)c1N=C1C(=Nc2c(C(C)C)cccc2C(C)C)c2cccc3cccc1c23.[Br][Co][Br]. The Hall–Kier alpha value is -2.05. The van der Waals surface area contributed by atoms with Gasteiger partial charge in [-0.15, -0.1) is 0 Å². The van der Waals surface area contributed by atoms with Crippen LogP contribution in [0.5, 0.6) is 0 Å². The number of halogens is 2. The number of para-hydroxylation sites is 2. The normalized spacial score (nSPS) is 14.8. The standard InChI is InChI=1S/C36H40N2.2BrH.Co/c1-21(2)26-15-11-16-27(22(3)4)33(26)37-35-30-19-9-13-25-14-10-20-31(32(25)30)36(35)38-34-28(23(5)6)17-12-18-29(34)24(7)8;;;/h9-24H,1-8H3;2*1H;/q;;;+2/p-2. The number of hydrogen-bond donors (Lipinski definition) is 0. The van der Waals surface area contributed by atoms with E-state index in [1.807, 2.05) is 0 Å². The van der Waals surface area contributed by atoms with Crippen LogP contribution in [-0.2, 0) is 11.1 Å². The monoisotopic (exact) mass is 717 g/mol. The van der Waals surface area contributed by atoms with E-state index in [9.17, 15) is 0 Å². The Morgan fingerprint density at radius 3 is 1.07 bits per heavy atom. The van der Waals surface area contributed by atoms with E-state index in [1.165, 1.54) is 44.2 Å². The van der Waals surface area contributed by atoms with Gasteiger partial charge < -0.3 is 0 Å². The zero-order valence-corrected chi connectivity index (χ0v) is 29.4. The Balaban J connectivity index is 0.00000124. The molecule has 0 saturated heterocycles. The number of aliphatic imine (C=N–C) groups is 2. The zero-order valence-electron chi connectivity index (χ0n) is 25.2. The van der Waals surface area contributed by atoms with Gasteiger partial charge in [0.05, 0.1) is 22.8 Å². The Morgan fingerprint density at radius 1 is 0.488 bits per heavy atom. The summed E-state index contributed by atoms with van der Waals surface area (Å²) in [5.41, 5.74) is 11.7. The van der Waals surface area contributed by atoms with Crippen molar-refractivity contribution in [3.05, 3.63) is 106 Å². The second-order valence-electron chi connectivity index (χ2n) is 11.9. The van der Waals surface area contributed by atoms with Gasteiger partial charge >= 0.3 is 39.5 Å². The minimum atomic E-state index is 0.377. The van der Waals surface area contributed by atoms with Crippen LogP contribution in [0, 0.1) is 0 Å². The molecule has 217 valence electrons. The van der Waals surface area contributed by atoms with Crippen molar-refractivity contribution < 1.29 is 11.1 Å². The van der Waals surface area contributed by atoms with Crippen LogP contribution in [0.4, 0.5) is 11.4 Å². The second-order valence-corrected chi connectivity index (χ2v) is 17.1. The van der Waals surface area contributed by atoms with Crippen LogP contribution in [0.3, 0.4) is 0 Å². The molecule has 0 saturated carbocycles. The zero-order chi connectivity index (χ0) is 29.8. The average molecular weight is 719 g/mol. The van der Waals surface area contributed by atoms with Gasteiger partial charge in [-0.2, -0.15) is 0 Å². The summed E-state index contributed by atoms with van der Waals surface area (Å²) in [5.74, 6) is 1.51. The van der Waals surface area contributed by atoms with E-state index in [0.29, 0.717) is 23.7 Å². The first-order valence-corrected chi connectivity index (χ1v) is 19.5. The van der Waals surface area contributed by atoms with Crippen molar-refractivity contribution in [2.45, 2.75) is 79.1 Å². The molecule has 2 nitrogen and oxygen atoms in total. The molecule has 4 aromatic carbocycles. The van der Waals surface area contributed by atoms with E-state index in [1.54, 1.807) is 0 Å². The molecule has 0 atom stereocenters. The molecule has 41 heavy (non-hydrogen) atoms. The summed E-state index contributed by atoms with van der Waals surface area (Å²) in [4.78, 5) is 11.1. The molecule has 0 bridgehead atoms. The maximum absolute atomic E-state index is 5.55. The molecule has 5 heteroatoms. The van der Waals surface area contributed by atoms with Crippen LogP contribution in [0.15, 0.2) is 82.8 Å². The van der Waals surface area contributed by atoms with Gasteiger partial charge in [-0.1, -0.05) is 128 Å². The second kappa shape index (κ2) is 13.9. The molecule has 1 aliphatic rings. The van der Waals surface area contributed by atoms with Gasteiger partial charge in [0, 0.05) is 16.5 Å². The van der Waals surface area contributed by atoms with E-state index in [4.69, 9.17) is 9.98 Å². The van der Waals surface area contributed by atoms with Gasteiger partial charge in [-0.05, 0) is 51.3 Å². The molecule has 4 aromatic rings. The van der Waals surface area contributed by atoms with E-state index in [-0.39, 0.29) is 0 Å². The summed E-state index contributed by atoms with van der Waals surface area (Å²) in [6, 6.07) is 26.5. The third-order valence-electron chi connectivity index (χ3n) is 7.77. The first-order chi connectivity index (χ1) is 19.6. The molecule has 0 fully saturated rings. The molecule has 1 aliphatic carbocycles. The van der Waals surface area contributed by atoms with Crippen molar-refractivity contribution in [3.63, 3.8) is 0 Å². The molecular weight excluding hydrogens is 679 g/mol. The maximum atomic E-state index is 5.55. The van der Waals surface area contributed by atoms with Crippen molar-refractivity contribution in [3.8, 4) is 0 Å². The van der Waals surface area contributed by atoms with E-state index in [0.717, 1.165) is 33.9 Å². The predicted octanol–water partition coefficient (Wildman–Crippen LogP) is 12.3. The summed E-state index contributed by atoms with van der Waals surface area (Å²) in [7, 11) is 0. The molecule has 0 radical (unpaired) electrons. The molecule has 0 aliphatic heterocycles. The topological polar surface area (TPSA) is 24.7 Å². The third-order valence-corrected chi connectivity index (χ3v) is 7.77. The molecule has 0 heterocycles. The third kappa shape index (κ3) is 6.64. The van der Waals surface area contributed by atoms with Crippen LogP contribution in [0.1, 0.15) is 112 Å². The molecule has 0 unspecified atom stereocenters. The predicted molar refractivity (Wildman–Crippen MR) is 183 cm³/mol. The van der Waals surface area contributed by atoms with Crippen LogP contribution in [0.2, 0.25) is 0 Å². The van der Waals surface area contributed by atoms with Gasteiger partial charge in [0.15, 0.2) is 0 Å². The first-order valence-electron chi connectivity index (χ1n) is 14.4. The van der Waals surface area contributed by atoms with Crippen LogP contribution in [-0.4, -0.2) is 11.4 Å². The number of hydrogen-bond acceptors (Lipinski definition) is 2. The van der Waals surface area contributed by atoms with Gasteiger partial charge in [0.2, 0.25) is 0 Å². The van der Waals surface area contributed by atoms with Crippen molar-refractivity contribution in [1.29, 1.82) is 0 Å². The van der Waals surface area contributed by atoms with Crippen LogP contribution in [0.25, 0.3) is 10.8 Å². The first kappa shape index (κ1) is 31.9. The quantitative estimate of drug-likeness (QED) is 0.190. The Bertz CT molecular complexity index is 1430. The van der Waals surface area contributed by atoms with Crippen molar-refractivity contribution >= 4 is 61.9 Å². The average Bonchev–Trinajstić information content (AvgIpc) is 3.22. The van der Waals surface area contributed by atoms with Gasteiger partial charge in [-0.25, -0.2) is 9.98 Å². The number of nitrogens with zero attached hydrogens (tertiary/aromatic N) is 2. The van der Waals surface area contributed by atoms with Crippen LogP contribution < -0.4 is 0 Å². The summed E-state index contributed by atoms with van der Waals surface area (Å²) in [6.07, 6.45) is 0. The molecule has 5 rings (SSSR count). The van der Waals surface area contributed by atoms with Crippen molar-refractivity contribution in [2.75, 3.05) is 0 Å². The Kier molecular flexibility index (Phi) is 10.8. The van der Waals surface area contributed by atoms with E-state index < -0.39 is 0 Å². The fourth-order valence-corrected chi connectivity index (χ4v) is 5.72. The van der Waals surface area contributed by atoms with Crippen molar-refractivity contribution in [2.24, 2.45) is 9.98 Å². The summed E-state index contributed by atoms with van der Waals surface area (Å²) in [6.45, 7) is 18.1.